The Balaban J connectivity index is 1.81. The van der Waals surface area contributed by atoms with Crippen LogP contribution >= 0.6 is 43.2 Å². The number of halogens is 2. The van der Waals surface area contributed by atoms with Crippen LogP contribution in [0.1, 0.15) is 29.2 Å². The second kappa shape index (κ2) is 5.91. The highest BCUT2D eigenvalue weighted by Gasteiger charge is 2.27. The van der Waals surface area contributed by atoms with Gasteiger partial charge in [0.05, 0.1) is 12.1 Å². The molecule has 0 spiro atoms. The average molecular weight is 417 g/mol. The number of carbonyl (C=O) groups excluding carboxylic acids is 1. The fourth-order valence-corrected chi connectivity index (χ4v) is 4.29. The van der Waals surface area contributed by atoms with E-state index in [1.54, 1.807) is 17.5 Å². The van der Waals surface area contributed by atoms with Crippen molar-refractivity contribution in [2.24, 2.45) is 0 Å². The SMILES string of the molecule is O=C(Nc1ncc(Br)nc1Br)C1CCCc2sccc21. The molecule has 0 aliphatic heterocycles. The normalized spacial score (nSPS) is 17.6. The van der Waals surface area contributed by atoms with E-state index in [-0.39, 0.29) is 11.8 Å². The molecular weight excluding hydrogens is 406 g/mol. The van der Waals surface area contributed by atoms with Gasteiger partial charge in [0.1, 0.15) is 9.21 Å². The summed E-state index contributed by atoms with van der Waals surface area (Å²) in [7, 11) is 0. The maximum absolute atomic E-state index is 12.5. The molecule has 0 fully saturated rings. The molecule has 2 heterocycles. The van der Waals surface area contributed by atoms with Crippen LogP contribution in [0.5, 0.6) is 0 Å². The summed E-state index contributed by atoms with van der Waals surface area (Å²) in [5, 5.41) is 4.92. The number of fused-ring (bicyclic) bond motifs is 1. The summed E-state index contributed by atoms with van der Waals surface area (Å²) in [6, 6.07) is 2.06. The van der Waals surface area contributed by atoms with Gasteiger partial charge in [-0.25, -0.2) is 9.97 Å². The van der Waals surface area contributed by atoms with Gasteiger partial charge in [-0.05, 0) is 68.1 Å². The molecule has 4 nitrogen and oxygen atoms in total. The number of aryl methyl sites for hydroxylation is 1. The number of thiophene rings is 1. The summed E-state index contributed by atoms with van der Waals surface area (Å²) in [5.74, 6) is 0.365. The van der Waals surface area contributed by atoms with Crippen molar-refractivity contribution < 1.29 is 4.79 Å². The van der Waals surface area contributed by atoms with Gasteiger partial charge in [-0.3, -0.25) is 4.79 Å². The first-order valence-electron chi connectivity index (χ1n) is 6.20. The van der Waals surface area contributed by atoms with Gasteiger partial charge in [0.2, 0.25) is 5.91 Å². The van der Waals surface area contributed by atoms with Crippen LogP contribution < -0.4 is 5.32 Å². The van der Waals surface area contributed by atoms with E-state index in [4.69, 9.17) is 0 Å². The van der Waals surface area contributed by atoms with E-state index >= 15 is 0 Å². The first-order chi connectivity index (χ1) is 9.65. The molecule has 2 aromatic rings. The van der Waals surface area contributed by atoms with Gasteiger partial charge in [0.15, 0.2) is 5.82 Å². The molecule has 1 aliphatic carbocycles. The second-order valence-corrected chi connectivity index (χ2v) is 7.13. The zero-order valence-electron chi connectivity index (χ0n) is 10.4. The number of nitrogens with zero attached hydrogens (tertiary/aromatic N) is 2. The molecule has 3 rings (SSSR count). The Morgan fingerprint density at radius 2 is 2.30 bits per heavy atom. The maximum Gasteiger partial charge on any atom is 0.233 e. The van der Waals surface area contributed by atoms with E-state index in [2.05, 4.69) is 58.6 Å². The number of amides is 1. The van der Waals surface area contributed by atoms with Crippen LogP contribution in [0.2, 0.25) is 0 Å². The molecule has 0 saturated carbocycles. The Labute approximate surface area is 137 Å². The summed E-state index contributed by atoms with van der Waals surface area (Å²) in [6.07, 6.45) is 4.59. The summed E-state index contributed by atoms with van der Waals surface area (Å²) in [4.78, 5) is 22.1. The largest absolute Gasteiger partial charge is 0.308 e. The number of hydrogen-bond donors (Lipinski definition) is 1. The predicted molar refractivity (Wildman–Crippen MR) is 86.1 cm³/mol. The lowest BCUT2D eigenvalue weighted by molar-refractivity contribution is -0.117. The van der Waals surface area contributed by atoms with Crippen molar-refractivity contribution in [1.29, 1.82) is 0 Å². The fourth-order valence-electron chi connectivity index (χ4n) is 2.39. The van der Waals surface area contributed by atoms with Crippen molar-refractivity contribution in [3.63, 3.8) is 0 Å². The van der Waals surface area contributed by atoms with Gasteiger partial charge < -0.3 is 5.32 Å². The highest BCUT2D eigenvalue weighted by molar-refractivity contribution is 9.11. The van der Waals surface area contributed by atoms with E-state index in [1.807, 2.05) is 0 Å². The van der Waals surface area contributed by atoms with Gasteiger partial charge in [-0.1, -0.05) is 0 Å². The molecule has 0 aromatic carbocycles. The lowest BCUT2D eigenvalue weighted by atomic mass is 9.87. The van der Waals surface area contributed by atoms with Crippen LogP contribution in [0.25, 0.3) is 0 Å². The zero-order valence-corrected chi connectivity index (χ0v) is 14.4. The standard InChI is InChI=1S/C13H11Br2N3OS/c14-10-6-16-12(11(15)17-10)18-13(19)8-2-1-3-9-7(8)4-5-20-9/h4-6,8H,1-3H2,(H,16,18,19). The molecular formula is C13H11Br2N3OS. The third kappa shape index (κ3) is 2.80. The topological polar surface area (TPSA) is 54.9 Å². The molecule has 2 aromatic heterocycles. The lowest BCUT2D eigenvalue weighted by Crippen LogP contribution is -2.24. The minimum Gasteiger partial charge on any atom is -0.308 e. The summed E-state index contributed by atoms with van der Waals surface area (Å²) in [6.45, 7) is 0. The average Bonchev–Trinajstić information content (AvgIpc) is 2.90. The highest BCUT2D eigenvalue weighted by Crippen LogP contribution is 2.35. The molecule has 1 unspecified atom stereocenters. The third-order valence-electron chi connectivity index (χ3n) is 3.31. The van der Waals surface area contributed by atoms with E-state index in [0.29, 0.717) is 15.0 Å². The van der Waals surface area contributed by atoms with E-state index < -0.39 is 0 Å². The predicted octanol–water partition coefficient (Wildman–Crippen LogP) is 4.12. The number of carbonyl (C=O) groups is 1. The van der Waals surface area contributed by atoms with Gasteiger partial charge in [-0.15, -0.1) is 11.3 Å². The first kappa shape index (κ1) is 14.2. The molecule has 0 bridgehead atoms. The van der Waals surface area contributed by atoms with Crippen LogP contribution in [-0.2, 0) is 11.2 Å². The van der Waals surface area contributed by atoms with Crippen molar-refractivity contribution >= 4 is 54.9 Å². The number of nitrogens with one attached hydrogen (secondary N) is 1. The Morgan fingerprint density at radius 1 is 1.45 bits per heavy atom. The number of hydrogen-bond acceptors (Lipinski definition) is 4. The van der Waals surface area contributed by atoms with Gasteiger partial charge >= 0.3 is 0 Å². The Morgan fingerprint density at radius 3 is 3.10 bits per heavy atom. The molecule has 1 amide bonds. The number of rotatable bonds is 2. The zero-order chi connectivity index (χ0) is 14.1. The maximum atomic E-state index is 12.5. The van der Waals surface area contributed by atoms with E-state index in [1.165, 1.54) is 10.4 Å². The van der Waals surface area contributed by atoms with Gasteiger partial charge in [0, 0.05) is 4.88 Å². The molecule has 0 radical (unpaired) electrons. The van der Waals surface area contributed by atoms with Crippen LogP contribution in [0.3, 0.4) is 0 Å². The smallest absolute Gasteiger partial charge is 0.233 e. The van der Waals surface area contributed by atoms with Crippen molar-refractivity contribution in [3.8, 4) is 0 Å². The van der Waals surface area contributed by atoms with Crippen LogP contribution in [0.4, 0.5) is 5.82 Å². The van der Waals surface area contributed by atoms with Gasteiger partial charge in [-0.2, -0.15) is 0 Å². The first-order valence-corrected chi connectivity index (χ1v) is 8.67. The third-order valence-corrected chi connectivity index (χ3v) is 5.24. The summed E-state index contributed by atoms with van der Waals surface area (Å²) >= 11 is 8.28. The lowest BCUT2D eigenvalue weighted by Gasteiger charge is -2.21. The van der Waals surface area contributed by atoms with Crippen LogP contribution in [0, 0.1) is 0 Å². The molecule has 1 atom stereocenters. The summed E-state index contributed by atoms with van der Waals surface area (Å²) in [5.41, 5.74) is 1.17. The molecule has 1 N–H and O–H groups in total. The van der Waals surface area contributed by atoms with E-state index in [9.17, 15) is 4.79 Å². The van der Waals surface area contributed by atoms with Crippen LogP contribution in [-0.4, -0.2) is 15.9 Å². The Kier molecular flexibility index (Phi) is 4.18. The highest BCUT2D eigenvalue weighted by atomic mass is 79.9. The number of aromatic nitrogens is 2. The van der Waals surface area contributed by atoms with Crippen molar-refractivity contribution in [1.82, 2.24) is 9.97 Å². The molecule has 1 aliphatic rings. The van der Waals surface area contributed by atoms with Crippen LogP contribution in [0.15, 0.2) is 26.8 Å². The molecule has 104 valence electrons. The minimum absolute atomic E-state index is 0.0123. The molecule has 7 heteroatoms. The van der Waals surface area contributed by atoms with Crippen molar-refractivity contribution in [3.05, 3.63) is 37.3 Å². The Bertz CT molecular complexity index is 659. The quantitative estimate of drug-likeness (QED) is 0.800. The number of anilines is 1. The molecule has 0 saturated heterocycles. The molecule has 20 heavy (non-hydrogen) atoms. The van der Waals surface area contributed by atoms with Crippen molar-refractivity contribution in [2.45, 2.75) is 25.2 Å². The Hall–Kier alpha value is -0.790. The monoisotopic (exact) mass is 415 g/mol. The fraction of sp³-hybridized carbons (Fsp3) is 0.308. The second-order valence-electron chi connectivity index (χ2n) is 4.57. The van der Waals surface area contributed by atoms with E-state index in [0.717, 1.165) is 19.3 Å². The minimum atomic E-state index is -0.0812. The van der Waals surface area contributed by atoms with Crippen molar-refractivity contribution in [2.75, 3.05) is 5.32 Å². The van der Waals surface area contributed by atoms with Gasteiger partial charge in [0.25, 0.3) is 0 Å². The summed E-state index contributed by atoms with van der Waals surface area (Å²) < 4.78 is 1.15.